The summed E-state index contributed by atoms with van der Waals surface area (Å²) in [5.41, 5.74) is 1.05. The third-order valence-corrected chi connectivity index (χ3v) is 3.72. The summed E-state index contributed by atoms with van der Waals surface area (Å²) in [6.45, 7) is 1.06. The molecule has 0 bridgehead atoms. The van der Waals surface area contributed by atoms with Gasteiger partial charge in [-0.1, -0.05) is 60.7 Å². The van der Waals surface area contributed by atoms with Crippen molar-refractivity contribution in [2.24, 2.45) is 0 Å². The lowest BCUT2D eigenvalue weighted by atomic mass is 9.82. The molecule has 0 unspecified atom stereocenters. The number of hydrogen-bond donors (Lipinski definition) is 2. The minimum Gasteiger partial charge on any atom is -0.380 e. The van der Waals surface area contributed by atoms with Crippen LogP contribution < -0.4 is 4.90 Å². The van der Waals surface area contributed by atoms with Crippen LogP contribution >= 0.6 is 0 Å². The van der Waals surface area contributed by atoms with Gasteiger partial charge >= 0.3 is 0 Å². The summed E-state index contributed by atoms with van der Waals surface area (Å²) in [7, 11) is 4.29. The number of aliphatic hydroxyl groups is 1. The SMILES string of the molecule is C[NH+](C)CCCC(O)(c1ccccc1)c1ccccc1. The zero-order chi connectivity index (χ0) is 14.4. The van der Waals surface area contributed by atoms with Gasteiger partial charge in [-0.3, -0.25) is 0 Å². The molecule has 2 aromatic carbocycles. The van der Waals surface area contributed by atoms with Crippen molar-refractivity contribution in [3.63, 3.8) is 0 Å². The molecule has 0 saturated carbocycles. The molecule has 2 rings (SSSR count). The van der Waals surface area contributed by atoms with Gasteiger partial charge in [0, 0.05) is 0 Å². The molecule has 0 aliphatic heterocycles. The third kappa shape index (κ3) is 3.47. The highest BCUT2D eigenvalue weighted by Gasteiger charge is 2.30. The van der Waals surface area contributed by atoms with Crippen LogP contribution in [0.3, 0.4) is 0 Å². The molecule has 20 heavy (non-hydrogen) atoms. The highest BCUT2D eigenvalue weighted by molar-refractivity contribution is 5.35. The zero-order valence-electron chi connectivity index (χ0n) is 12.3. The minimum atomic E-state index is -0.891. The Labute approximate surface area is 121 Å². The van der Waals surface area contributed by atoms with Crippen molar-refractivity contribution < 1.29 is 10.0 Å². The summed E-state index contributed by atoms with van der Waals surface area (Å²) < 4.78 is 0. The van der Waals surface area contributed by atoms with Gasteiger partial charge in [-0.15, -0.1) is 0 Å². The maximum absolute atomic E-state index is 11.3. The van der Waals surface area contributed by atoms with E-state index in [0.717, 1.165) is 30.5 Å². The lowest BCUT2D eigenvalue weighted by molar-refractivity contribution is -0.858. The topological polar surface area (TPSA) is 24.7 Å². The monoisotopic (exact) mass is 270 g/mol. The van der Waals surface area contributed by atoms with Crippen molar-refractivity contribution in [1.29, 1.82) is 0 Å². The number of quaternary nitrogens is 1. The minimum absolute atomic E-state index is 0.742. The molecular weight excluding hydrogens is 246 g/mol. The lowest BCUT2D eigenvalue weighted by Gasteiger charge is -2.29. The second kappa shape index (κ2) is 6.69. The zero-order valence-corrected chi connectivity index (χ0v) is 12.3. The van der Waals surface area contributed by atoms with E-state index >= 15 is 0 Å². The molecule has 0 amide bonds. The fraction of sp³-hybridized carbons (Fsp3) is 0.333. The van der Waals surface area contributed by atoms with Crippen molar-refractivity contribution >= 4 is 0 Å². The molecule has 0 aliphatic carbocycles. The molecule has 2 N–H and O–H groups in total. The van der Waals surface area contributed by atoms with E-state index in [-0.39, 0.29) is 0 Å². The van der Waals surface area contributed by atoms with Crippen LogP contribution in [-0.2, 0) is 5.60 Å². The van der Waals surface area contributed by atoms with Crippen LogP contribution in [0.4, 0.5) is 0 Å². The van der Waals surface area contributed by atoms with E-state index in [0.29, 0.717) is 0 Å². The Morgan fingerprint density at radius 3 is 1.70 bits per heavy atom. The first-order valence-corrected chi connectivity index (χ1v) is 7.25. The maximum Gasteiger partial charge on any atom is 0.115 e. The van der Waals surface area contributed by atoms with Gasteiger partial charge in [0.05, 0.1) is 20.6 Å². The van der Waals surface area contributed by atoms with Crippen molar-refractivity contribution in [3.05, 3.63) is 71.8 Å². The van der Waals surface area contributed by atoms with E-state index in [1.807, 2.05) is 60.7 Å². The van der Waals surface area contributed by atoms with Gasteiger partial charge in [-0.25, -0.2) is 0 Å². The molecular formula is C18H24NO+. The van der Waals surface area contributed by atoms with E-state index in [2.05, 4.69) is 14.1 Å². The highest BCUT2D eigenvalue weighted by atomic mass is 16.3. The van der Waals surface area contributed by atoms with Gasteiger partial charge in [0.1, 0.15) is 5.60 Å². The first-order chi connectivity index (χ1) is 9.63. The first-order valence-electron chi connectivity index (χ1n) is 7.25. The molecule has 0 atom stereocenters. The molecule has 106 valence electrons. The van der Waals surface area contributed by atoms with E-state index in [4.69, 9.17) is 0 Å². The molecule has 0 fully saturated rings. The van der Waals surface area contributed by atoms with Gasteiger partial charge in [0.2, 0.25) is 0 Å². The van der Waals surface area contributed by atoms with Crippen LogP contribution in [0.5, 0.6) is 0 Å². The quantitative estimate of drug-likeness (QED) is 0.822. The summed E-state index contributed by atoms with van der Waals surface area (Å²) in [6.07, 6.45) is 1.73. The molecule has 2 aromatic rings. The second-order valence-corrected chi connectivity index (χ2v) is 5.65. The summed E-state index contributed by atoms with van der Waals surface area (Å²) >= 11 is 0. The Hall–Kier alpha value is -1.64. The first kappa shape index (κ1) is 14.8. The molecule has 2 nitrogen and oxygen atoms in total. The number of hydrogen-bond acceptors (Lipinski definition) is 1. The predicted octanol–water partition coefficient (Wildman–Crippen LogP) is 1.85. The normalized spacial score (nSPS) is 11.8. The van der Waals surface area contributed by atoms with Gasteiger partial charge in [0.25, 0.3) is 0 Å². The van der Waals surface area contributed by atoms with Gasteiger partial charge in [-0.2, -0.15) is 0 Å². The average Bonchev–Trinajstić information content (AvgIpc) is 2.48. The van der Waals surface area contributed by atoms with E-state index in [1.54, 1.807) is 0 Å². The van der Waals surface area contributed by atoms with Crippen LogP contribution in [0.2, 0.25) is 0 Å². The van der Waals surface area contributed by atoms with E-state index in [9.17, 15) is 5.11 Å². The predicted molar refractivity (Wildman–Crippen MR) is 82.8 cm³/mol. The Kier molecular flexibility index (Phi) is 4.94. The largest absolute Gasteiger partial charge is 0.380 e. The standard InChI is InChI=1S/C18H23NO/c1-19(2)15-9-14-18(20,16-10-5-3-6-11-16)17-12-7-4-8-13-17/h3-8,10-13,20H,9,14-15H2,1-2H3/p+1. The molecule has 0 saturated heterocycles. The molecule has 0 heterocycles. The van der Waals surface area contributed by atoms with Crippen molar-refractivity contribution in [3.8, 4) is 0 Å². The van der Waals surface area contributed by atoms with E-state index in [1.165, 1.54) is 4.90 Å². The highest BCUT2D eigenvalue weighted by Crippen LogP contribution is 2.33. The van der Waals surface area contributed by atoms with Gasteiger partial charge in [0.15, 0.2) is 0 Å². The Morgan fingerprint density at radius 1 is 0.850 bits per heavy atom. The van der Waals surface area contributed by atoms with Crippen molar-refractivity contribution in [2.45, 2.75) is 18.4 Å². The number of nitrogens with one attached hydrogen (secondary N) is 1. The number of benzene rings is 2. The Balaban J connectivity index is 2.29. The second-order valence-electron chi connectivity index (χ2n) is 5.65. The Bertz CT molecular complexity index is 468. The fourth-order valence-electron chi connectivity index (χ4n) is 2.58. The van der Waals surface area contributed by atoms with Crippen LogP contribution in [-0.4, -0.2) is 25.7 Å². The lowest BCUT2D eigenvalue weighted by Crippen LogP contribution is -3.05. The third-order valence-electron chi connectivity index (χ3n) is 3.72. The maximum atomic E-state index is 11.3. The summed E-state index contributed by atoms with van der Waals surface area (Å²) in [5, 5.41) is 11.3. The molecule has 0 aromatic heterocycles. The fourth-order valence-corrected chi connectivity index (χ4v) is 2.58. The van der Waals surface area contributed by atoms with Crippen LogP contribution in [0.1, 0.15) is 24.0 Å². The molecule has 0 spiro atoms. The van der Waals surface area contributed by atoms with Crippen molar-refractivity contribution in [1.82, 2.24) is 0 Å². The van der Waals surface area contributed by atoms with Gasteiger partial charge < -0.3 is 10.0 Å². The summed E-state index contributed by atoms with van der Waals surface area (Å²) in [6, 6.07) is 20.0. The molecule has 0 aliphatic rings. The number of rotatable bonds is 6. The van der Waals surface area contributed by atoms with Crippen molar-refractivity contribution in [2.75, 3.05) is 20.6 Å². The molecule has 2 heteroatoms. The summed E-state index contributed by atoms with van der Waals surface area (Å²) in [5.74, 6) is 0. The molecule has 0 radical (unpaired) electrons. The van der Waals surface area contributed by atoms with Crippen LogP contribution in [0.15, 0.2) is 60.7 Å². The average molecular weight is 270 g/mol. The Morgan fingerprint density at radius 2 is 1.30 bits per heavy atom. The van der Waals surface area contributed by atoms with E-state index < -0.39 is 5.60 Å². The smallest absolute Gasteiger partial charge is 0.115 e. The van der Waals surface area contributed by atoms with Gasteiger partial charge in [-0.05, 0) is 24.0 Å². The van der Waals surface area contributed by atoms with Crippen LogP contribution in [0.25, 0.3) is 0 Å². The van der Waals surface area contributed by atoms with Crippen LogP contribution in [0, 0.1) is 0 Å². The summed E-state index contributed by atoms with van der Waals surface area (Å²) in [4.78, 5) is 1.41.